The molecule has 0 bridgehead atoms. The Hall–Kier alpha value is -7.17. The molecule has 248 valence electrons. The Balaban J connectivity index is 1.02. The summed E-state index contributed by atoms with van der Waals surface area (Å²) < 4.78 is 6.37. The summed E-state index contributed by atoms with van der Waals surface area (Å²) in [6.45, 7) is 0. The Morgan fingerprint density at radius 2 is 0.736 bits per heavy atom. The molecule has 0 atom stereocenters. The Kier molecular flexibility index (Phi) is 7.43. The summed E-state index contributed by atoms with van der Waals surface area (Å²) in [6, 6.07) is 65.2. The SMILES string of the molecule is c1ccc(-c2ccc(-c3nc(-c4ccccc4)nc(-c4cccc(-c5cccc(-c6ccc7c(c6)-c6cccc8cccc(c68)O7)c5)c4)n3)cc2)cc1. The van der Waals surface area contributed by atoms with Crippen molar-refractivity contribution in [1.82, 2.24) is 15.0 Å². The number of fused-ring (bicyclic) bond motifs is 2. The summed E-state index contributed by atoms with van der Waals surface area (Å²) >= 11 is 0. The molecule has 4 heteroatoms. The van der Waals surface area contributed by atoms with E-state index >= 15 is 0 Å². The van der Waals surface area contributed by atoms with Gasteiger partial charge in [-0.25, -0.2) is 15.0 Å². The number of rotatable bonds is 6. The number of nitrogens with zero attached hydrogens (tertiary/aromatic N) is 3. The highest BCUT2D eigenvalue weighted by molar-refractivity contribution is 6.04. The van der Waals surface area contributed by atoms with E-state index in [4.69, 9.17) is 19.7 Å². The molecule has 2 heterocycles. The second kappa shape index (κ2) is 12.9. The zero-order valence-corrected chi connectivity index (χ0v) is 28.6. The van der Waals surface area contributed by atoms with Gasteiger partial charge in [0.05, 0.1) is 0 Å². The second-order valence-electron chi connectivity index (χ2n) is 13.3. The minimum Gasteiger partial charge on any atom is -0.456 e. The predicted molar refractivity (Wildman–Crippen MR) is 215 cm³/mol. The molecular weight excluding hydrogens is 647 g/mol. The monoisotopic (exact) mass is 677 g/mol. The first kappa shape index (κ1) is 30.6. The molecule has 9 aromatic rings. The van der Waals surface area contributed by atoms with Gasteiger partial charge in [0.25, 0.3) is 0 Å². The largest absolute Gasteiger partial charge is 0.456 e. The summed E-state index contributed by atoms with van der Waals surface area (Å²) in [6.07, 6.45) is 0. The molecule has 0 N–H and O–H groups in total. The standard InChI is InChI=1S/C49H31N3O/c1-3-11-32(12-4-1)33-23-25-36(26-24-33)48-50-47(35-13-5-2-6-14-35)51-49(52-48)41-20-8-19-39(30-41)37-17-7-18-38(29-37)40-27-28-44-43(31-40)42-21-9-15-34-16-10-22-45(53-44)46(34)42/h1-31H. The van der Waals surface area contributed by atoms with Crippen LogP contribution in [0.4, 0.5) is 0 Å². The first-order valence-corrected chi connectivity index (χ1v) is 17.8. The van der Waals surface area contributed by atoms with Crippen LogP contribution in [0.5, 0.6) is 11.5 Å². The van der Waals surface area contributed by atoms with Crippen molar-refractivity contribution in [2.75, 3.05) is 0 Å². The van der Waals surface area contributed by atoms with Gasteiger partial charge < -0.3 is 4.74 Å². The fourth-order valence-electron chi connectivity index (χ4n) is 7.25. The van der Waals surface area contributed by atoms with Crippen LogP contribution in [-0.2, 0) is 0 Å². The van der Waals surface area contributed by atoms with Crippen LogP contribution in [0.25, 0.3) is 89.4 Å². The molecule has 0 amide bonds. The summed E-state index contributed by atoms with van der Waals surface area (Å²) in [4.78, 5) is 15.0. The fraction of sp³-hybridized carbons (Fsp3) is 0. The van der Waals surface area contributed by atoms with Gasteiger partial charge in [0, 0.05) is 27.6 Å². The minimum absolute atomic E-state index is 0.628. The third-order valence-corrected chi connectivity index (χ3v) is 9.92. The number of hydrogen-bond acceptors (Lipinski definition) is 4. The van der Waals surface area contributed by atoms with Crippen molar-refractivity contribution in [3.63, 3.8) is 0 Å². The van der Waals surface area contributed by atoms with Crippen LogP contribution >= 0.6 is 0 Å². The summed E-state index contributed by atoms with van der Waals surface area (Å²) in [5, 5.41) is 2.34. The van der Waals surface area contributed by atoms with E-state index in [0.717, 1.165) is 67.0 Å². The highest BCUT2D eigenvalue weighted by Gasteiger charge is 2.20. The van der Waals surface area contributed by atoms with E-state index in [1.54, 1.807) is 0 Å². The maximum absolute atomic E-state index is 6.37. The molecule has 4 nitrogen and oxygen atoms in total. The predicted octanol–water partition coefficient (Wildman–Crippen LogP) is 12.8. The van der Waals surface area contributed by atoms with Gasteiger partial charge in [-0.3, -0.25) is 0 Å². The van der Waals surface area contributed by atoms with Crippen LogP contribution < -0.4 is 4.74 Å². The highest BCUT2D eigenvalue weighted by Crippen LogP contribution is 2.47. The fourth-order valence-corrected chi connectivity index (χ4v) is 7.25. The quantitative estimate of drug-likeness (QED) is 0.176. The van der Waals surface area contributed by atoms with Gasteiger partial charge in [0.15, 0.2) is 17.5 Å². The number of benzene rings is 8. The molecule has 1 aromatic heterocycles. The van der Waals surface area contributed by atoms with Crippen molar-refractivity contribution in [2.24, 2.45) is 0 Å². The Morgan fingerprint density at radius 1 is 0.283 bits per heavy atom. The van der Waals surface area contributed by atoms with Gasteiger partial charge in [0.1, 0.15) is 11.5 Å². The second-order valence-corrected chi connectivity index (χ2v) is 13.3. The van der Waals surface area contributed by atoms with Gasteiger partial charge >= 0.3 is 0 Å². The zero-order valence-electron chi connectivity index (χ0n) is 28.6. The molecule has 0 saturated heterocycles. The van der Waals surface area contributed by atoms with Gasteiger partial charge in [-0.2, -0.15) is 0 Å². The molecular formula is C49H31N3O. The lowest BCUT2D eigenvalue weighted by Crippen LogP contribution is -2.00. The molecule has 10 rings (SSSR count). The highest BCUT2D eigenvalue weighted by atomic mass is 16.5. The number of hydrogen-bond donors (Lipinski definition) is 0. The third kappa shape index (κ3) is 5.73. The first-order chi connectivity index (χ1) is 26.2. The molecule has 0 saturated carbocycles. The average Bonchev–Trinajstić information content (AvgIpc) is 3.24. The van der Waals surface area contributed by atoms with Crippen LogP contribution in [0, 0.1) is 0 Å². The molecule has 1 aliphatic rings. The molecule has 8 aromatic carbocycles. The molecule has 0 radical (unpaired) electrons. The minimum atomic E-state index is 0.628. The van der Waals surface area contributed by atoms with E-state index in [-0.39, 0.29) is 0 Å². The van der Waals surface area contributed by atoms with E-state index in [1.807, 2.05) is 48.5 Å². The van der Waals surface area contributed by atoms with E-state index in [9.17, 15) is 0 Å². The van der Waals surface area contributed by atoms with Crippen LogP contribution in [-0.4, -0.2) is 15.0 Å². The first-order valence-electron chi connectivity index (χ1n) is 17.8. The molecule has 0 unspecified atom stereocenters. The topological polar surface area (TPSA) is 47.9 Å². The number of aromatic nitrogens is 3. The van der Waals surface area contributed by atoms with Crippen molar-refractivity contribution < 1.29 is 4.74 Å². The van der Waals surface area contributed by atoms with Crippen molar-refractivity contribution in [3.05, 3.63) is 188 Å². The summed E-state index contributed by atoms with van der Waals surface area (Å²) in [7, 11) is 0. The van der Waals surface area contributed by atoms with Gasteiger partial charge in [-0.15, -0.1) is 0 Å². The molecule has 1 aliphatic heterocycles. The zero-order chi connectivity index (χ0) is 35.1. The lowest BCUT2D eigenvalue weighted by molar-refractivity contribution is 0.487. The van der Waals surface area contributed by atoms with Crippen LogP contribution in [0.1, 0.15) is 0 Å². The van der Waals surface area contributed by atoms with Gasteiger partial charge in [-0.1, -0.05) is 158 Å². The Labute approximate surface area is 307 Å². The van der Waals surface area contributed by atoms with Crippen LogP contribution in [0.2, 0.25) is 0 Å². The van der Waals surface area contributed by atoms with E-state index in [1.165, 1.54) is 16.5 Å². The Bertz CT molecular complexity index is 2790. The smallest absolute Gasteiger partial charge is 0.164 e. The average molecular weight is 678 g/mol. The van der Waals surface area contributed by atoms with Crippen molar-refractivity contribution in [1.29, 1.82) is 0 Å². The van der Waals surface area contributed by atoms with Gasteiger partial charge in [-0.05, 0) is 74.7 Å². The van der Waals surface area contributed by atoms with Crippen LogP contribution in [0.15, 0.2) is 188 Å². The van der Waals surface area contributed by atoms with Crippen molar-refractivity contribution in [2.45, 2.75) is 0 Å². The van der Waals surface area contributed by atoms with Crippen LogP contribution in [0.3, 0.4) is 0 Å². The molecule has 0 fully saturated rings. The molecule has 53 heavy (non-hydrogen) atoms. The lowest BCUT2D eigenvalue weighted by atomic mass is 9.91. The summed E-state index contributed by atoms with van der Waals surface area (Å²) in [5.41, 5.74) is 11.9. The van der Waals surface area contributed by atoms with Crippen molar-refractivity contribution >= 4 is 10.8 Å². The van der Waals surface area contributed by atoms with E-state index < -0.39 is 0 Å². The van der Waals surface area contributed by atoms with Crippen molar-refractivity contribution in [3.8, 4) is 90.2 Å². The maximum atomic E-state index is 6.37. The number of ether oxygens (including phenoxy) is 1. The lowest BCUT2D eigenvalue weighted by Gasteiger charge is -2.22. The third-order valence-electron chi connectivity index (χ3n) is 9.92. The van der Waals surface area contributed by atoms with E-state index in [2.05, 4.69) is 140 Å². The van der Waals surface area contributed by atoms with Gasteiger partial charge in [0.2, 0.25) is 0 Å². The maximum Gasteiger partial charge on any atom is 0.164 e. The Morgan fingerprint density at radius 3 is 1.42 bits per heavy atom. The summed E-state index contributed by atoms with van der Waals surface area (Å²) in [5.74, 6) is 3.68. The normalized spacial score (nSPS) is 11.5. The molecule has 0 spiro atoms. The van der Waals surface area contributed by atoms with E-state index in [0.29, 0.717) is 17.5 Å². The molecule has 0 aliphatic carbocycles.